The second-order valence-corrected chi connectivity index (χ2v) is 6.18. The van der Waals surface area contributed by atoms with Gasteiger partial charge in [0.2, 0.25) is 10.0 Å². The van der Waals surface area contributed by atoms with Crippen molar-refractivity contribution in [3.8, 4) is 6.07 Å². The van der Waals surface area contributed by atoms with E-state index in [0.29, 0.717) is 11.5 Å². The van der Waals surface area contributed by atoms with Gasteiger partial charge < -0.3 is 10.7 Å². The van der Waals surface area contributed by atoms with E-state index in [2.05, 4.69) is 9.97 Å². The summed E-state index contributed by atoms with van der Waals surface area (Å²) in [5.74, 6) is 0.519. The number of aromatic nitrogens is 2. The lowest BCUT2D eigenvalue weighted by atomic mass is 10.2. The molecule has 104 valence electrons. The monoisotopic (exact) mass is 291 g/mol. The lowest BCUT2D eigenvalue weighted by molar-refractivity contribution is 0.458. The van der Waals surface area contributed by atoms with E-state index < -0.39 is 10.0 Å². The van der Waals surface area contributed by atoms with Gasteiger partial charge in [-0.1, -0.05) is 0 Å². The third-order valence-corrected chi connectivity index (χ3v) is 4.60. The Morgan fingerprint density at radius 3 is 2.85 bits per heavy atom. The second kappa shape index (κ2) is 5.32. The predicted molar refractivity (Wildman–Crippen MR) is 72.8 cm³/mol. The van der Waals surface area contributed by atoms with Crippen LogP contribution in [0.3, 0.4) is 0 Å². The average Bonchev–Trinajstić information content (AvgIpc) is 2.91. The summed E-state index contributed by atoms with van der Waals surface area (Å²) in [5, 5.41) is 9.04. The number of sulfonamides is 1. The number of imidazole rings is 1. The summed E-state index contributed by atoms with van der Waals surface area (Å²) in [4.78, 5) is 6.73. The van der Waals surface area contributed by atoms with E-state index in [1.807, 2.05) is 6.07 Å². The van der Waals surface area contributed by atoms with Gasteiger partial charge in [0.1, 0.15) is 16.8 Å². The Morgan fingerprint density at radius 2 is 2.25 bits per heavy atom. The number of nitriles is 1. The third-order valence-electron chi connectivity index (χ3n) is 2.74. The Labute approximate surface area is 116 Å². The van der Waals surface area contributed by atoms with Crippen molar-refractivity contribution < 1.29 is 8.42 Å². The molecule has 0 spiro atoms. The topological polar surface area (TPSA) is 116 Å². The van der Waals surface area contributed by atoms with Crippen LogP contribution in [-0.2, 0) is 16.6 Å². The molecule has 0 aliphatic carbocycles. The van der Waals surface area contributed by atoms with Crippen molar-refractivity contribution in [3.63, 3.8) is 0 Å². The molecule has 0 saturated heterocycles. The van der Waals surface area contributed by atoms with Crippen molar-refractivity contribution in [1.82, 2.24) is 14.3 Å². The first-order valence-corrected chi connectivity index (χ1v) is 7.13. The predicted octanol–water partition coefficient (Wildman–Crippen LogP) is 0.684. The molecule has 0 bridgehead atoms. The number of hydrogen-bond donors (Lipinski definition) is 2. The largest absolute Gasteiger partial charge is 0.399 e. The van der Waals surface area contributed by atoms with E-state index in [9.17, 15) is 8.42 Å². The number of anilines is 1. The minimum Gasteiger partial charge on any atom is -0.399 e. The Bertz CT molecular complexity index is 747. The molecule has 20 heavy (non-hydrogen) atoms. The summed E-state index contributed by atoms with van der Waals surface area (Å²) in [6.45, 7) is 0.0879. The Kier molecular flexibility index (Phi) is 3.74. The summed E-state index contributed by atoms with van der Waals surface area (Å²) >= 11 is 0. The molecule has 1 aromatic carbocycles. The van der Waals surface area contributed by atoms with Crippen molar-refractivity contribution in [3.05, 3.63) is 42.0 Å². The standard InChI is InChI=1S/C12H13N5O2S/c1-17(8-12-15-4-5-16-12)20(18,19)11-3-2-10(14)6-9(11)7-13/h2-6H,8,14H2,1H3,(H,15,16). The fourth-order valence-electron chi connectivity index (χ4n) is 1.71. The smallest absolute Gasteiger partial charge is 0.244 e. The van der Waals surface area contributed by atoms with E-state index in [1.165, 1.54) is 25.2 Å². The Hall–Kier alpha value is -2.37. The first-order valence-electron chi connectivity index (χ1n) is 5.69. The van der Waals surface area contributed by atoms with Crippen LogP contribution < -0.4 is 5.73 Å². The minimum absolute atomic E-state index is 0.0243. The van der Waals surface area contributed by atoms with Crippen molar-refractivity contribution in [1.29, 1.82) is 5.26 Å². The van der Waals surface area contributed by atoms with Gasteiger partial charge in [0.25, 0.3) is 0 Å². The average molecular weight is 291 g/mol. The fraction of sp³-hybridized carbons (Fsp3) is 0.167. The highest BCUT2D eigenvalue weighted by Crippen LogP contribution is 2.22. The first kappa shape index (κ1) is 14.0. The van der Waals surface area contributed by atoms with Crippen LogP contribution in [0.5, 0.6) is 0 Å². The quantitative estimate of drug-likeness (QED) is 0.804. The second-order valence-electron chi connectivity index (χ2n) is 4.16. The highest BCUT2D eigenvalue weighted by atomic mass is 32.2. The van der Waals surface area contributed by atoms with E-state index in [4.69, 9.17) is 11.0 Å². The highest BCUT2D eigenvalue weighted by molar-refractivity contribution is 7.89. The third kappa shape index (κ3) is 2.64. The molecule has 0 atom stereocenters. The molecule has 8 heteroatoms. The van der Waals surface area contributed by atoms with Gasteiger partial charge in [-0.3, -0.25) is 0 Å². The molecular formula is C12H13N5O2S. The van der Waals surface area contributed by atoms with Crippen LogP contribution in [0.25, 0.3) is 0 Å². The zero-order valence-electron chi connectivity index (χ0n) is 10.7. The molecule has 7 nitrogen and oxygen atoms in total. The summed E-state index contributed by atoms with van der Waals surface area (Å²) in [6.07, 6.45) is 3.15. The molecule has 2 aromatic rings. The van der Waals surface area contributed by atoms with E-state index in [1.54, 1.807) is 12.4 Å². The first-order chi connectivity index (χ1) is 9.45. The van der Waals surface area contributed by atoms with Crippen LogP contribution >= 0.6 is 0 Å². The van der Waals surface area contributed by atoms with Crippen LogP contribution in [0, 0.1) is 11.3 Å². The molecule has 1 heterocycles. The fourth-order valence-corrected chi connectivity index (χ4v) is 2.96. The number of aromatic amines is 1. The molecule has 0 fully saturated rings. The van der Waals surface area contributed by atoms with Crippen molar-refractivity contribution in [2.75, 3.05) is 12.8 Å². The molecular weight excluding hydrogens is 278 g/mol. The van der Waals surface area contributed by atoms with Gasteiger partial charge in [-0.15, -0.1) is 0 Å². The normalized spacial score (nSPS) is 11.4. The van der Waals surface area contributed by atoms with Gasteiger partial charge in [-0.25, -0.2) is 13.4 Å². The maximum atomic E-state index is 12.4. The molecule has 0 amide bonds. The molecule has 3 N–H and O–H groups in total. The van der Waals surface area contributed by atoms with Crippen LogP contribution in [0.4, 0.5) is 5.69 Å². The molecule has 0 aliphatic rings. The van der Waals surface area contributed by atoms with Gasteiger partial charge in [0, 0.05) is 25.1 Å². The lowest BCUT2D eigenvalue weighted by Gasteiger charge is -2.16. The summed E-state index contributed by atoms with van der Waals surface area (Å²) in [6, 6.07) is 5.98. The van der Waals surface area contributed by atoms with Crippen molar-refractivity contribution in [2.45, 2.75) is 11.4 Å². The maximum Gasteiger partial charge on any atom is 0.244 e. The number of H-pyrrole nitrogens is 1. The highest BCUT2D eigenvalue weighted by Gasteiger charge is 2.24. The number of nitrogen functional groups attached to an aromatic ring is 1. The molecule has 0 unspecified atom stereocenters. The van der Waals surface area contributed by atoms with Crippen molar-refractivity contribution in [2.24, 2.45) is 0 Å². The van der Waals surface area contributed by atoms with Crippen LogP contribution in [0.15, 0.2) is 35.5 Å². The van der Waals surface area contributed by atoms with Gasteiger partial charge >= 0.3 is 0 Å². The van der Waals surface area contributed by atoms with Crippen LogP contribution in [-0.4, -0.2) is 29.7 Å². The SMILES string of the molecule is CN(Cc1ncc[nH]1)S(=O)(=O)c1ccc(N)cc1C#N. The number of nitrogens with two attached hydrogens (primary N) is 1. The van der Waals surface area contributed by atoms with E-state index >= 15 is 0 Å². The Morgan fingerprint density at radius 1 is 1.50 bits per heavy atom. The van der Waals surface area contributed by atoms with Crippen LogP contribution in [0.1, 0.15) is 11.4 Å². The molecule has 0 aliphatic heterocycles. The van der Waals surface area contributed by atoms with Crippen LogP contribution in [0.2, 0.25) is 0 Å². The zero-order valence-corrected chi connectivity index (χ0v) is 11.6. The number of rotatable bonds is 4. The Balaban J connectivity index is 2.38. The minimum atomic E-state index is -3.78. The van der Waals surface area contributed by atoms with Crippen molar-refractivity contribution >= 4 is 15.7 Å². The summed E-state index contributed by atoms with van der Waals surface area (Å²) in [5.41, 5.74) is 5.92. The zero-order chi connectivity index (χ0) is 14.8. The number of hydrogen-bond acceptors (Lipinski definition) is 5. The number of nitrogens with zero attached hydrogens (tertiary/aromatic N) is 3. The van der Waals surface area contributed by atoms with Gasteiger partial charge in [0.05, 0.1) is 12.1 Å². The molecule has 2 rings (SSSR count). The molecule has 0 radical (unpaired) electrons. The van der Waals surface area contributed by atoms with Gasteiger partial charge in [-0.05, 0) is 18.2 Å². The van der Waals surface area contributed by atoms with E-state index in [0.717, 1.165) is 4.31 Å². The lowest BCUT2D eigenvalue weighted by Crippen LogP contribution is -2.27. The maximum absolute atomic E-state index is 12.4. The summed E-state index contributed by atoms with van der Waals surface area (Å²) < 4.78 is 26.0. The van der Waals surface area contributed by atoms with E-state index in [-0.39, 0.29) is 17.0 Å². The number of benzene rings is 1. The van der Waals surface area contributed by atoms with Gasteiger partial charge in [0.15, 0.2) is 0 Å². The summed E-state index contributed by atoms with van der Waals surface area (Å²) in [7, 11) is -2.35. The van der Waals surface area contributed by atoms with Gasteiger partial charge in [-0.2, -0.15) is 9.57 Å². The molecule has 1 aromatic heterocycles. The number of nitrogens with one attached hydrogen (secondary N) is 1. The molecule has 0 saturated carbocycles.